The van der Waals surface area contributed by atoms with E-state index in [1.807, 2.05) is 6.92 Å². The van der Waals surface area contributed by atoms with E-state index in [-0.39, 0.29) is 22.8 Å². The van der Waals surface area contributed by atoms with E-state index in [4.69, 9.17) is 4.74 Å². The standard InChI is InChI=1S/C22H19FO4S/c1-16-8-10-21(11-9-16)28(25,26)15-18-5-2-6-19(12-18)22(24)27-14-17-4-3-7-20(23)13-17/h2-13H,14-15H2,1H3. The summed E-state index contributed by atoms with van der Waals surface area (Å²) in [5, 5.41) is 0. The Bertz CT molecular complexity index is 1090. The predicted molar refractivity (Wildman–Crippen MR) is 104 cm³/mol. The van der Waals surface area contributed by atoms with Crippen LogP contribution in [-0.4, -0.2) is 14.4 Å². The summed E-state index contributed by atoms with van der Waals surface area (Å²) in [6.45, 7) is 1.82. The Labute approximate surface area is 163 Å². The molecule has 0 atom stereocenters. The first-order valence-electron chi connectivity index (χ1n) is 8.63. The molecule has 3 aromatic rings. The van der Waals surface area contributed by atoms with Gasteiger partial charge in [-0.15, -0.1) is 0 Å². The third-order valence-corrected chi connectivity index (χ3v) is 5.86. The Morgan fingerprint density at radius 2 is 1.61 bits per heavy atom. The molecule has 0 spiro atoms. The van der Waals surface area contributed by atoms with Crippen LogP contribution in [0, 0.1) is 12.7 Å². The van der Waals surface area contributed by atoms with Crippen molar-refractivity contribution in [3.63, 3.8) is 0 Å². The lowest BCUT2D eigenvalue weighted by Crippen LogP contribution is -2.08. The van der Waals surface area contributed by atoms with Gasteiger partial charge < -0.3 is 4.74 Å². The van der Waals surface area contributed by atoms with Gasteiger partial charge in [-0.1, -0.05) is 42.0 Å². The van der Waals surface area contributed by atoms with Gasteiger partial charge in [0.15, 0.2) is 9.84 Å². The van der Waals surface area contributed by atoms with Gasteiger partial charge in [-0.05, 0) is 54.4 Å². The van der Waals surface area contributed by atoms with Crippen LogP contribution in [0.4, 0.5) is 4.39 Å². The van der Waals surface area contributed by atoms with Crippen molar-refractivity contribution in [3.8, 4) is 0 Å². The Hall–Kier alpha value is -2.99. The van der Waals surface area contributed by atoms with Crippen molar-refractivity contribution in [1.29, 1.82) is 0 Å². The van der Waals surface area contributed by atoms with Gasteiger partial charge in [-0.2, -0.15) is 0 Å². The Morgan fingerprint density at radius 1 is 0.929 bits per heavy atom. The minimum absolute atomic E-state index is 0.0670. The van der Waals surface area contributed by atoms with Crippen molar-refractivity contribution in [2.24, 2.45) is 0 Å². The number of halogens is 1. The number of rotatable bonds is 6. The molecule has 3 aromatic carbocycles. The largest absolute Gasteiger partial charge is 0.457 e. The highest BCUT2D eigenvalue weighted by molar-refractivity contribution is 7.90. The van der Waals surface area contributed by atoms with Gasteiger partial charge in [0, 0.05) is 0 Å². The van der Waals surface area contributed by atoms with Gasteiger partial charge in [-0.3, -0.25) is 0 Å². The Balaban J connectivity index is 1.71. The number of carbonyl (C=O) groups is 1. The van der Waals surface area contributed by atoms with Gasteiger partial charge in [0.05, 0.1) is 16.2 Å². The second kappa shape index (κ2) is 8.35. The van der Waals surface area contributed by atoms with Crippen LogP contribution in [-0.2, 0) is 26.9 Å². The third-order valence-electron chi connectivity index (χ3n) is 4.16. The minimum atomic E-state index is -3.53. The molecule has 0 saturated carbocycles. The maximum absolute atomic E-state index is 13.2. The van der Waals surface area contributed by atoms with Crippen molar-refractivity contribution in [1.82, 2.24) is 0 Å². The Morgan fingerprint density at radius 3 is 2.32 bits per heavy atom. The average Bonchev–Trinajstić information content (AvgIpc) is 2.66. The van der Waals surface area contributed by atoms with Gasteiger partial charge in [0.1, 0.15) is 12.4 Å². The summed E-state index contributed by atoms with van der Waals surface area (Å²) in [6.07, 6.45) is 0. The molecular weight excluding hydrogens is 379 g/mol. The maximum Gasteiger partial charge on any atom is 0.338 e. The normalized spacial score (nSPS) is 11.2. The monoisotopic (exact) mass is 398 g/mol. The van der Waals surface area contributed by atoms with Gasteiger partial charge >= 0.3 is 5.97 Å². The smallest absolute Gasteiger partial charge is 0.338 e. The van der Waals surface area contributed by atoms with Crippen molar-refractivity contribution < 1.29 is 22.3 Å². The molecule has 0 aromatic heterocycles. The molecule has 0 radical (unpaired) electrons. The average molecular weight is 398 g/mol. The van der Waals surface area contributed by atoms with Crippen LogP contribution in [0.1, 0.15) is 27.0 Å². The quantitative estimate of drug-likeness (QED) is 0.575. The van der Waals surface area contributed by atoms with Gasteiger partial charge in [0.25, 0.3) is 0 Å². The number of carbonyl (C=O) groups excluding carboxylic acids is 1. The fraction of sp³-hybridized carbons (Fsp3) is 0.136. The number of hydrogen-bond acceptors (Lipinski definition) is 4. The van der Waals surface area contributed by atoms with Crippen molar-refractivity contribution in [3.05, 3.63) is 101 Å². The molecule has 3 rings (SSSR count). The van der Waals surface area contributed by atoms with E-state index in [0.717, 1.165) is 5.56 Å². The maximum atomic E-state index is 13.2. The van der Waals surface area contributed by atoms with E-state index in [9.17, 15) is 17.6 Å². The fourth-order valence-corrected chi connectivity index (χ4v) is 4.03. The summed E-state index contributed by atoms with van der Waals surface area (Å²) in [5.41, 5.74) is 2.24. The lowest BCUT2D eigenvalue weighted by molar-refractivity contribution is 0.0472. The molecule has 0 N–H and O–H groups in total. The van der Waals surface area contributed by atoms with Crippen LogP contribution in [0.5, 0.6) is 0 Å². The van der Waals surface area contributed by atoms with Crippen LogP contribution in [0.2, 0.25) is 0 Å². The van der Waals surface area contributed by atoms with E-state index in [0.29, 0.717) is 11.1 Å². The molecule has 0 bridgehead atoms. The predicted octanol–water partition coefficient (Wildman–Crippen LogP) is 4.47. The summed E-state index contributed by atoms with van der Waals surface area (Å²) in [4.78, 5) is 12.5. The molecule has 0 aliphatic rings. The summed E-state index contributed by atoms with van der Waals surface area (Å²) in [5.74, 6) is -1.23. The summed E-state index contributed by atoms with van der Waals surface area (Å²) >= 11 is 0. The number of benzene rings is 3. The second-order valence-corrected chi connectivity index (χ2v) is 8.47. The number of sulfone groups is 1. The first kappa shape index (κ1) is 19.8. The molecule has 0 amide bonds. The molecular formula is C22H19FO4S. The highest BCUT2D eigenvalue weighted by atomic mass is 32.2. The topological polar surface area (TPSA) is 60.4 Å². The van der Waals surface area contributed by atoms with E-state index in [2.05, 4.69) is 0 Å². The number of esters is 1. The minimum Gasteiger partial charge on any atom is -0.457 e. The van der Waals surface area contributed by atoms with Crippen molar-refractivity contribution >= 4 is 15.8 Å². The van der Waals surface area contributed by atoms with Crippen LogP contribution in [0.15, 0.2) is 77.7 Å². The Kier molecular flexibility index (Phi) is 5.90. The van der Waals surface area contributed by atoms with Crippen LogP contribution < -0.4 is 0 Å². The summed E-state index contributed by atoms with van der Waals surface area (Å²) < 4.78 is 43.6. The zero-order valence-corrected chi connectivity index (χ0v) is 16.1. The van der Waals surface area contributed by atoms with E-state index in [1.54, 1.807) is 48.5 Å². The molecule has 0 unspecified atom stereocenters. The molecule has 144 valence electrons. The van der Waals surface area contributed by atoms with E-state index >= 15 is 0 Å². The van der Waals surface area contributed by atoms with Crippen LogP contribution in [0.3, 0.4) is 0 Å². The molecule has 4 nitrogen and oxygen atoms in total. The molecule has 6 heteroatoms. The van der Waals surface area contributed by atoms with Crippen molar-refractivity contribution in [2.75, 3.05) is 0 Å². The zero-order valence-electron chi connectivity index (χ0n) is 15.3. The molecule has 0 aliphatic heterocycles. The SMILES string of the molecule is Cc1ccc(S(=O)(=O)Cc2cccc(C(=O)OCc3cccc(F)c3)c2)cc1. The molecule has 0 saturated heterocycles. The fourth-order valence-electron chi connectivity index (χ4n) is 2.70. The lowest BCUT2D eigenvalue weighted by Gasteiger charge is -2.08. The van der Waals surface area contributed by atoms with Crippen LogP contribution in [0.25, 0.3) is 0 Å². The summed E-state index contributed by atoms with van der Waals surface area (Å²) in [6, 6.07) is 18.7. The number of hydrogen-bond donors (Lipinski definition) is 0. The van der Waals surface area contributed by atoms with E-state index in [1.165, 1.54) is 24.3 Å². The number of aryl methyl sites for hydroxylation is 1. The number of ether oxygens (including phenoxy) is 1. The van der Waals surface area contributed by atoms with Crippen molar-refractivity contribution in [2.45, 2.75) is 24.2 Å². The van der Waals surface area contributed by atoms with Gasteiger partial charge in [0.2, 0.25) is 0 Å². The highest BCUT2D eigenvalue weighted by Gasteiger charge is 2.16. The highest BCUT2D eigenvalue weighted by Crippen LogP contribution is 2.18. The van der Waals surface area contributed by atoms with E-state index < -0.39 is 21.6 Å². The first-order valence-corrected chi connectivity index (χ1v) is 10.3. The molecule has 0 aliphatic carbocycles. The second-order valence-electron chi connectivity index (χ2n) is 6.48. The summed E-state index contributed by atoms with van der Waals surface area (Å²) in [7, 11) is -3.53. The first-order chi connectivity index (χ1) is 13.3. The zero-order chi connectivity index (χ0) is 20.1. The van der Waals surface area contributed by atoms with Gasteiger partial charge in [-0.25, -0.2) is 17.6 Å². The third kappa shape index (κ3) is 5.04. The molecule has 28 heavy (non-hydrogen) atoms. The van der Waals surface area contributed by atoms with Crippen LogP contribution >= 0.6 is 0 Å². The molecule has 0 fully saturated rings. The lowest BCUT2D eigenvalue weighted by atomic mass is 10.1. The molecule has 0 heterocycles.